The van der Waals surface area contributed by atoms with Gasteiger partial charge < -0.3 is 10.1 Å². The molecule has 0 heterocycles. The number of hydrogen-bond acceptors (Lipinski definition) is 4. The molecule has 0 aromatic heterocycles. The van der Waals surface area contributed by atoms with Crippen molar-refractivity contribution in [3.8, 4) is 5.75 Å². The van der Waals surface area contributed by atoms with Gasteiger partial charge in [-0.05, 0) is 54.3 Å². The zero-order valence-corrected chi connectivity index (χ0v) is 20.3. The summed E-state index contributed by atoms with van der Waals surface area (Å²) < 4.78 is 33.8. The van der Waals surface area contributed by atoms with Gasteiger partial charge in [-0.1, -0.05) is 54.1 Å². The molecule has 4 rings (SSSR count). The van der Waals surface area contributed by atoms with Crippen LogP contribution in [-0.2, 0) is 16.4 Å². The largest absolute Gasteiger partial charge is 0.495 e. The molecule has 1 amide bonds. The molecule has 1 N–H and O–H groups in total. The Morgan fingerprint density at radius 1 is 1.18 bits per heavy atom. The number of nitrogens with zero attached hydrogens (tertiary/aromatic N) is 1. The van der Waals surface area contributed by atoms with Gasteiger partial charge in [0.25, 0.3) is 15.9 Å². The number of methoxy groups -OCH3 is 1. The summed E-state index contributed by atoms with van der Waals surface area (Å²) in [6.45, 7) is 3.71. The maximum atomic E-state index is 13.6. The van der Waals surface area contributed by atoms with E-state index in [0.717, 1.165) is 18.4 Å². The van der Waals surface area contributed by atoms with Gasteiger partial charge >= 0.3 is 0 Å². The van der Waals surface area contributed by atoms with Crippen LogP contribution in [0.15, 0.2) is 84.3 Å². The maximum absolute atomic E-state index is 13.6. The summed E-state index contributed by atoms with van der Waals surface area (Å²) in [6, 6.07) is 18.8. The van der Waals surface area contributed by atoms with E-state index in [9.17, 15) is 13.2 Å². The van der Waals surface area contributed by atoms with Gasteiger partial charge in [0.1, 0.15) is 5.75 Å². The molecule has 1 aliphatic rings. The molecule has 34 heavy (non-hydrogen) atoms. The number of benzene rings is 3. The number of hydrogen-bond donors (Lipinski definition) is 1. The number of fused-ring (bicyclic) bond motifs is 1. The van der Waals surface area contributed by atoms with Crippen molar-refractivity contribution < 1.29 is 17.9 Å². The molecule has 3 aromatic rings. The number of rotatable bonds is 8. The van der Waals surface area contributed by atoms with Crippen molar-refractivity contribution in [2.45, 2.75) is 23.8 Å². The Bertz CT molecular complexity index is 1340. The summed E-state index contributed by atoms with van der Waals surface area (Å²) in [7, 11) is -2.58. The third kappa shape index (κ3) is 4.54. The first-order valence-electron chi connectivity index (χ1n) is 10.8. The Kier molecular flexibility index (Phi) is 6.95. The van der Waals surface area contributed by atoms with Crippen LogP contribution in [0.2, 0.25) is 5.02 Å². The molecule has 8 heteroatoms. The van der Waals surface area contributed by atoms with E-state index in [1.807, 2.05) is 24.3 Å². The molecule has 176 valence electrons. The first kappa shape index (κ1) is 23.9. The summed E-state index contributed by atoms with van der Waals surface area (Å²) in [5.74, 6) is -0.0175. The van der Waals surface area contributed by atoms with Crippen LogP contribution in [0.25, 0.3) is 0 Å². The summed E-state index contributed by atoms with van der Waals surface area (Å²) >= 11 is 6.33. The molecule has 0 aliphatic heterocycles. The van der Waals surface area contributed by atoms with E-state index >= 15 is 0 Å². The number of carbonyl (C=O) groups is 1. The van der Waals surface area contributed by atoms with Crippen LogP contribution in [0.3, 0.4) is 0 Å². The van der Waals surface area contributed by atoms with Crippen LogP contribution in [0.5, 0.6) is 5.75 Å². The second-order valence-corrected chi connectivity index (χ2v) is 10.2. The SMILES string of the molecule is C=CCN(c1ccccc1OC)S(=O)(=O)c1ccc(Cl)c(C(=O)NC2CCc3ccccc32)c1. The van der Waals surface area contributed by atoms with Gasteiger partial charge in [-0.25, -0.2) is 8.42 Å². The fourth-order valence-corrected chi connectivity index (χ4v) is 5.86. The molecule has 0 radical (unpaired) electrons. The van der Waals surface area contributed by atoms with Crippen LogP contribution in [0, 0.1) is 0 Å². The molecular formula is C26H25ClN2O4S. The van der Waals surface area contributed by atoms with Gasteiger partial charge in [0.05, 0.1) is 40.9 Å². The van der Waals surface area contributed by atoms with Crippen molar-refractivity contribution in [1.82, 2.24) is 5.32 Å². The van der Waals surface area contributed by atoms with Crippen LogP contribution < -0.4 is 14.4 Å². The first-order chi connectivity index (χ1) is 16.4. The molecule has 0 fully saturated rings. The Hall–Kier alpha value is -3.29. The second-order valence-electron chi connectivity index (χ2n) is 7.90. The number of nitrogens with one attached hydrogen (secondary N) is 1. The summed E-state index contributed by atoms with van der Waals surface area (Å²) in [5, 5.41) is 3.18. The van der Waals surface area contributed by atoms with E-state index in [0.29, 0.717) is 11.4 Å². The Morgan fingerprint density at radius 2 is 1.91 bits per heavy atom. The van der Waals surface area contributed by atoms with E-state index in [4.69, 9.17) is 16.3 Å². The molecule has 3 aromatic carbocycles. The zero-order valence-electron chi connectivity index (χ0n) is 18.7. The molecule has 6 nitrogen and oxygen atoms in total. The third-order valence-corrected chi connectivity index (χ3v) is 7.96. The fourth-order valence-electron chi connectivity index (χ4n) is 4.19. The predicted molar refractivity (Wildman–Crippen MR) is 134 cm³/mol. The van der Waals surface area contributed by atoms with Gasteiger partial charge in [0.2, 0.25) is 0 Å². The molecule has 1 unspecified atom stereocenters. The van der Waals surface area contributed by atoms with E-state index in [1.54, 1.807) is 24.3 Å². The molecule has 0 saturated carbocycles. The Balaban J connectivity index is 1.67. The lowest BCUT2D eigenvalue weighted by Gasteiger charge is -2.25. The molecule has 1 aliphatic carbocycles. The lowest BCUT2D eigenvalue weighted by molar-refractivity contribution is 0.0936. The highest BCUT2D eigenvalue weighted by Crippen LogP contribution is 2.34. The standard InChI is InChI=1S/C26H25ClN2O4S/c1-3-16-29(24-10-6-7-11-25(24)33-2)34(31,32)19-13-14-22(27)21(17-19)26(30)28-23-15-12-18-8-4-5-9-20(18)23/h3-11,13-14,17,23H,1,12,15-16H2,2H3,(H,28,30). The highest BCUT2D eigenvalue weighted by Gasteiger charge is 2.29. The number of aryl methyl sites for hydroxylation is 1. The quantitative estimate of drug-likeness (QED) is 0.438. The number of anilines is 1. The fraction of sp³-hybridized carbons (Fsp3) is 0.192. The number of halogens is 1. The van der Waals surface area contributed by atoms with E-state index in [1.165, 1.54) is 41.3 Å². The van der Waals surface area contributed by atoms with Gasteiger partial charge in [-0.15, -0.1) is 6.58 Å². The van der Waals surface area contributed by atoms with Crippen molar-refractivity contribution in [1.29, 1.82) is 0 Å². The second kappa shape index (κ2) is 9.91. The van der Waals surface area contributed by atoms with Gasteiger partial charge in [-0.3, -0.25) is 9.10 Å². The van der Waals surface area contributed by atoms with Crippen molar-refractivity contribution in [2.75, 3.05) is 18.0 Å². The van der Waals surface area contributed by atoms with Gasteiger partial charge in [0.15, 0.2) is 0 Å². The monoisotopic (exact) mass is 496 g/mol. The predicted octanol–water partition coefficient (Wildman–Crippen LogP) is 5.15. The average molecular weight is 497 g/mol. The van der Waals surface area contributed by atoms with Gasteiger partial charge in [0, 0.05) is 0 Å². The van der Waals surface area contributed by atoms with E-state index in [2.05, 4.69) is 11.9 Å². The minimum Gasteiger partial charge on any atom is -0.495 e. The van der Waals surface area contributed by atoms with Crippen molar-refractivity contribution in [3.05, 3.63) is 101 Å². The van der Waals surface area contributed by atoms with Crippen LogP contribution >= 0.6 is 11.6 Å². The maximum Gasteiger partial charge on any atom is 0.264 e. The van der Waals surface area contributed by atoms with Crippen molar-refractivity contribution in [3.63, 3.8) is 0 Å². The zero-order chi connectivity index (χ0) is 24.3. The molecule has 0 spiro atoms. The lowest BCUT2D eigenvalue weighted by Crippen LogP contribution is -2.32. The molecule has 0 bridgehead atoms. The topological polar surface area (TPSA) is 75.7 Å². The number of carbonyl (C=O) groups excluding carboxylic acids is 1. The summed E-state index contributed by atoms with van der Waals surface area (Å²) in [6.07, 6.45) is 3.14. The lowest BCUT2D eigenvalue weighted by atomic mass is 10.1. The van der Waals surface area contributed by atoms with E-state index < -0.39 is 15.9 Å². The highest BCUT2D eigenvalue weighted by molar-refractivity contribution is 7.92. The number of ether oxygens (including phenoxy) is 1. The van der Waals surface area contributed by atoms with Crippen LogP contribution in [-0.4, -0.2) is 28.0 Å². The molecule has 0 saturated heterocycles. The summed E-state index contributed by atoms with van der Waals surface area (Å²) in [4.78, 5) is 13.1. The number of sulfonamides is 1. The number of para-hydroxylation sites is 2. The molecule has 1 atom stereocenters. The highest BCUT2D eigenvalue weighted by atomic mass is 35.5. The minimum atomic E-state index is -4.05. The minimum absolute atomic E-state index is 0.0196. The van der Waals surface area contributed by atoms with Crippen molar-refractivity contribution in [2.24, 2.45) is 0 Å². The third-order valence-electron chi connectivity index (χ3n) is 5.86. The number of amides is 1. The van der Waals surface area contributed by atoms with Crippen molar-refractivity contribution >= 4 is 33.2 Å². The first-order valence-corrected chi connectivity index (χ1v) is 12.6. The summed E-state index contributed by atoms with van der Waals surface area (Å²) in [5.41, 5.74) is 2.75. The molecular weight excluding hydrogens is 472 g/mol. The Morgan fingerprint density at radius 3 is 2.68 bits per heavy atom. The van der Waals surface area contributed by atoms with Crippen LogP contribution in [0.1, 0.15) is 33.9 Å². The van der Waals surface area contributed by atoms with E-state index in [-0.39, 0.29) is 28.1 Å². The normalized spacial score (nSPS) is 14.8. The smallest absolute Gasteiger partial charge is 0.264 e. The van der Waals surface area contributed by atoms with Crippen LogP contribution in [0.4, 0.5) is 5.69 Å². The van der Waals surface area contributed by atoms with Gasteiger partial charge in [-0.2, -0.15) is 0 Å². The Labute approximate surface area is 204 Å². The average Bonchev–Trinajstić information content (AvgIpc) is 3.25.